The number of ether oxygens (including phenoxy) is 1. The van der Waals surface area contributed by atoms with Gasteiger partial charge >= 0.3 is 0 Å². The third-order valence-corrected chi connectivity index (χ3v) is 5.40. The highest BCUT2D eigenvalue weighted by molar-refractivity contribution is 5.92. The van der Waals surface area contributed by atoms with Gasteiger partial charge < -0.3 is 14.6 Å². The summed E-state index contributed by atoms with van der Waals surface area (Å²) in [4.78, 5) is 6.24. The van der Waals surface area contributed by atoms with Gasteiger partial charge in [-0.2, -0.15) is 0 Å². The third kappa shape index (κ3) is 1.25. The highest BCUT2D eigenvalue weighted by Gasteiger charge is 2.46. The van der Waals surface area contributed by atoms with Crippen molar-refractivity contribution in [3.05, 3.63) is 35.7 Å². The third-order valence-electron chi connectivity index (χ3n) is 5.40. The lowest BCUT2D eigenvalue weighted by atomic mass is 9.93. The predicted octanol–water partition coefficient (Wildman–Crippen LogP) is 3.34. The van der Waals surface area contributed by atoms with Crippen molar-refractivity contribution in [3.63, 3.8) is 0 Å². The smallest absolute Gasteiger partial charge is 0.119 e. The molecule has 1 saturated carbocycles. The number of fused-ring (bicyclic) bond motifs is 5. The first-order valence-electron chi connectivity index (χ1n) is 7.47. The first-order valence-corrected chi connectivity index (χ1v) is 7.47. The van der Waals surface area contributed by atoms with E-state index in [0.29, 0.717) is 12.0 Å². The van der Waals surface area contributed by atoms with Gasteiger partial charge in [0, 0.05) is 46.9 Å². The van der Waals surface area contributed by atoms with Gasteiger partial charge in [-0.25, -0.2) is 0 Å². The van der Waals surface area contributed by atoms with Crippen molar-refractivity contribution in [2.45, 2.75) is 24.8 Å². The molecule has 0 radical (unpaired) electrons. The van der Waals surface area contributed by atoms with Crippen LogP contribution < -0.4 is 4.74 Å². The number of piperidine rings is 1. The van der Waals surface area contributed by atoms with Gasteiger partial charge in [-0.15, -0.1) is 0 Å². The van der Waals surface area contributed by atoms with Crippen LogP contribution in [0.2, 0.25) is 0 Å². The van der Waals surface area contributed by atoms with Crippen molar-refractivity contribution >= 4 is 17.0 Å². The predicted molar refractivity (Wildman–Crippen MR) is 79.8 cm³/mol. The second kappa shape index (κ2) is 3.60. The summed E-state index contributed by atoms with van der Waals surface area (Å²) in [5.41, 5.74) is 4.05. The molecule has 1 aromatic carbocycles. The fourth-order valence-electron chi connectivity index (χ4n) is 4.53. The summed E-state index contributed by atoms with van der Waals surface area (Å²) in [5, 5.41) is 1.29. The zero-order valence-electron chi connectivity index (χ0n) is 11.6. The van der Waals surface area contributed by atoms with Crippen LogP contribution in [0.5, 0.6) is 5.75 Å². The Labute approximate surface area is 118 Å². The average Bonchev–Trinajstić information content (AvgIpc) is 3.14. The molecule has 2 aromatic rings. The van der Waals surface area contributed by atoms with Gasteiger partial charge in [0.25, 0.3) is 0 Å². The molecule has 3 heterocycles. The second-order valence-electron chi connectivity index (χ2n) is 6.39. The number of methoxy groups -OCH3 is 1. The SMILES string of the molecule is COc1ccc2[nH]c3c(c2c1)C=CN1C[C@H]2CC1[C@H]3C2. The van der Waals surface area contributed by atoms with Gasteiger partial charge in [0.2, 0.25) is 0 Å². The Kier molecular flexibility index (Phi) is 1.95. The number of hydrogen-bond acceptors (Lipinski definition) is 2. The molecule has 3 nitrogen and oxygen atoms in total. The number of aromatic amines is 1. The molecule has 1 aliphatic carbocycles. The summed E-state index contributed by atoms with van der Waals surface area (Å²) < 4.78 is 5.38. The summed E-state index contributed by atoms with van der Waals surface area (Å²) in [7, 11) is 1.73. The molecule has 1 aromatic heterocycles. The van der Waals surface area contributed by atoms with Crippen molar-refractivity contribution in [2.24, 2.45) is 5.92 Å². The van der Waals surface area contributed by atoms with Crippen LogP contribution in [0.15, 0.2) is 24.4 Å². The molecule has 2 fully saturated rings. The Morgan fingerprint density at radius 3 is 3.10 bits per heavy atom. The fraction of sp³-hybridized carbons (Fsp3) is 0.412. The summed E-state index contributed by atoms with van der Waals surface area (Å²) in [6.07, 6.45) is 7.33. The van der Waals surface area contributed by atoms with Gasteiger partial charge in [-0.05, 0) is 43.0 Å². The molecule has 2 aliphatic heterocycles. The molecule has 3 heteroatoms. The molecular weight excluding hydrogens is 248 g/mol. The summed E-state index contributed by atoms with van der Waals surface area (Å²) in [5.74, 6) is 2.50. The topological polar surface area (TPSA) is 28.3 Å². The quantitative estimate of drug-likeness (QED) is 0.857. The number of hydrogen-bond donors (Lipinski definition) is 1. The van der Waals surface area contributed by atoms with Gasteiger partial charge in [0.1, 0.15) is 5.75 Å². The van der Waals surface area contributed by atoms with E-state index in [0.717, 1.165) is 11.7 Å². The van der Waals surface area contributed by atoms with Crippen molar-refractivity contribution in [3.8, 4) is 5.75 Å². The minimum Gasteiger partial charge on any atom is -0.497 e. The van der Waals surface area contributed by atoms with E-state index in [1.54, 1.807) is 7.11 Å². The van der Waals surface area contributed by atoms with Crippen molar-refractivity contribution in [1.82, 2.24) is 9.88 Å². The van der Waals surface area contributed by atoms with Gasteiger partial charge in [-0.1, -0.05) is 0 Å². The zero-order valence-corrected chi connectivity index (χ0v) is 11.6. The van der Waals surface area contributed by atoms with Gasteiger partial charge in [0.15, 0.2) is 0 Å². The fourth-order valence-corrected chi connectivity index (χ4v) is 4.53. The molecule has 1 saturated heterocycles. The first kappa shape index (κ1) is 10.8. The maximum absolute atomic E-state index is 5.38. The standard InChI is InChI=1S/C17H18N2O/c1-20-11-2-3-15-13(8-11)12-4-5-19-9-10-6-14(16(19)7-10)17(12)18-15/h2-5,8,10,14,16,18H,6-7,9H2,1H3/t10-,14-,16?/m1/s1. The maximum atomic E-state index is 5.38. The molecule has 20 heavy (non-hydrogen) atoms. The summed E-state index contributed by atoms with van der Waals surface area (Å²) in [6.45, 7) is 1.25. The molecule has 1 unspecified atom stereocenters. The van der Waals surface area contributed by atoms with Crippen molar-refractivity contribution < 1.29 is 4.74 Å². The Morgan fingerprint density at radius 2 is 2.25 bits per heavy atom. The van der Waals surface area contributed by atoms with E-state index in [2.05, 4.69) is 34.3 Å². The van der Waals surface area contributed by atoms with Crippen LogP contribution in [0.3, 0.4) is 0 Å². The lowest BCUT2D eigenvalue weighted by molar-refractivity contribution is 0.265. The summed E-state index contributed by atoms with van der Waals surface area (Å²) >= 11 is 0. The highest BCUT2D eigenvalue weighted by Crippen LogP contribution is 2.50. The number of nitrogens with zero attached hydrogens (tertiary/aromatic N) is 1. The zero-order chi connectivity index (χ0) is 13.3. The molecule has 0 spiro atoms. The summed E-state index contributed by atoms with van der Waals surface area (Å²) in [6, 6.07) is 7.05. The van der Waals surface area contributed by atoms with E-state index in [9.17, 15) is 0 Å². The van der Waals surface area contributed by atoms with E-state index in [1.165, 1.54) is 41.5 Å². The molecule has 2 bridgehead atoms. The van der Waals surface area contributed by atoms with Crippen LogP contribution in [-0.2, 0) is 0 Å². The monoisotopic (exact) mass is 266 g/mol. The van der Waals surface area contributed by atoms with Crippen LogP contribution in [0.25, 0.3) is 17.0 Å². The molecular formula is C17H18N2O. The van der Waals surface area contributed by atoms with Crippen LogP contribution in [0.1, 0.15) is 30.0 Å². The Bertz CT molecular complexity index is 730. The minimum absolute atomic E-state index is 0.678. The highest BCUT2D eigenvalue weighted by atomic mass is 16.5. The molecule has 3 atom stereocenters. The largest absolute Gasteiger partial charge is 0.497 e. The van der Waals surface area contributed by atoms with E-state index in [-0.39, 0.29) is 0 Å². The van der Waals surface area contributed by atoms with E-state index < -0.39 is 0 Å². The Balaban J connectivity index is 1.76. The lowest BCUT2D eigenvalue weighted by Gasteiger charge is -2.30. The van der Waals surface area contributed by atoms with Crippen LogP contribution in [-0.4, -0.2) is 29.6 Å². The average molecular weight is 266 g/mol. The van der Waals surface area contributed by atoms with Gasteiger partial charge in [0.05, 0.1) is 7.11 Å². The Hall–Kier alpha value is -1.90. The second-order valence-corrected chi connectivity index (χ2v) is 6.39. The number of benzene rings is 1. The molecule has 0 amide bonds. The van der Waals surface area contributed by atoms with Gasteiger partial charge in [-0.3, -0.25) is 0 Å². The molecule has 102 valence electrons. The van der Waals surface area contributed by atoms with E-state index in [4.69, 9.17) is 4.74 Å². The molecule has 1 N–H and O–H groups in total. The number of rotatable bonds is 1. The van der Waals surface area contributed by atoms with E-state index >= 15 is 0 Å². The minimum atomic E-state index is 0.678. The Morgan fingerprint density at radius 1 is 1.30 bits per heavy atom. The van der Waals surface area contributed by atoms with Crippen LogP contribution >= 0.6 is 0 Å². The molecule has 3 aliphatic rings. The van der Waals surface area contributed by atoms with E-state index in [1.807, 2.05) is 6.07 Å². The van der Waals surface area contributed by atoms with Crippen molar-refractivity contribution in [2.75, 3.05) is 13.7 Å². The normalized spacial score (nSPS) is 29.9. The van der Waals surface area contributed by atoms with Crippen LogP contribution in [0, 0.1) is 5.92 Å². The number of aromatic nitrogens is 1. The lowest BCUT2D eigenvalue weighted by Crippen LogP contribution is -2.32. The van der Waals surface area contributed by atoms with Crippen molar-refractivity contribution in [1.29, 1.82) is 0 Å². The maximum Gasteiger partial charge on any atom is 0.119 e. The number of H-pyrrole nitrogens is 1. The van der Waals surface area contributed by atoms with Crippen LogP contribution in [0.4, 0.5) is 0 Å². The molecule has 5 rings (SSSR count). The first-order chi connectivity index (χ1) is 9.83. The number of nitrogens with one attached hydrogen (secondary N) is 1.